The van der Waals surface area contributed by atoms with Gasteiger partial charge in [0.15, 0.2) is 23.1 Å². The van der Waals surface area contributed by atoms with E-state index in [1.807, 2.05) is 13.0 Å². The summed E-state index contributed by atoms with van der Waals surface area (Å²) in [6.07, 6.45) is 4.06. The number of ether oxygens (including phenoxy) is 1. The Morgan fingerprint density at radius 3 is 2.56 bits per heavy atom. The van der Waals surface area contributed by atoms with Crippen LogP contribution in [0.5, 0.6) is 11.5 Å². The number of carbonyl (C=O) groups is 4. The van der Waals surface area contributed by atoms with E-state index >= 15 is 0 Å². The van der Waals surface area contributed by atoms with Crippen LogP contribution in [0.4, 0.5) is 0 Å². The predicted octanol–water partition coefficient (Wildman–Crippen LogP) is 3.24. The number of benzene rings is 1. The van der Waals surface area contributed by atoms with Crippen LogP contribution < -0.4 is 4.74 Å². The lowest BCUT2D eigenvalue weighted by atomic mass is 9.59. The summed E-state index contributed by atoms with van der Waals surface area (Å²) in [5.41, 5.74) is 2.84. The second-order valence-electron chi connectivity index (χ2n) is 9.31. The lowest BCUT2D eigenvalue weighted by Crippen LogP contribution is -2.39. The Labute approximate surface area is 197 Å². The molecule has 4 atom stereocenters. The first kappa shape index (κ1) is 22.3. The molecular formula is C27H27NO6. The van der Waals surface area contributed by atoms with Gasteiger partial charge in [0, 0.05) is 29.2 Å². The van der Waals surface area contributed by atoms with E-state index in [2.05, 4.69) is 0 Å². The number of imide groups is 1. The minimum Gasteiger partial charge on any atom is -0.504 e. The third-order valence-corrected chi connectivity index (χ3v) is 7.59. The molecule has 2 amide bonds. The molecule has 1 N–H and O–H groups in total. The molecule has 34 heavy (non-hydrogen) atoms. The van der Waals surface area contributed by atoms with Crippen molar-refractivity contribution >= 4 is 23.4 Å². The van der Waals surface area contributed by atoms with Gasteiger partial charge in [-0.3, -0.25) is 24.1 Å². The van der Waals surface area contributed by atoms with Gasteiger partial charge in [-0.05, 0) is 63.3 Å². The topological polar surface area (TPSA) is 101 Å². The van der Waals surface area contributed by atoms with E-state index in [-0.39, 0.29) is 41.5 Å². The SMILES string of the molecule is CCOc1cc([C@H]2C3=CC[C@@H]4C(=O)N(CC)C(=O)[C@@H]4[C@@H]3CC3=C2C(=O)C=C(C)C3=O)ccc1O. The number of ketones is 2. The number of hydrogen-bond acceptors (Lipinski definition) is 6. The van der Waals surface area contributed by atoms with E-state index in [9.17, 15) is 24.3 Å². The highest BCUT2D eigenvalue weighted by molar-refractivity contribution is 6.23. The average molecular weight is 462 g/mol. The van der Waals surface area contributed by atoms with Gasteiger partial charge in [-0.1, -0.05) is 17.7 Å². The summed E-state index contributed by atoms with van der Waals surface area (Å²) in [6.45, 7) is 5.90. The van der Waals surface area contributed by atoms with Crippen LogP contribution in [-0.4, -0.2) is 46.5 Å². The lowest BCUT2D eigenvalue weighted by molar-refractivity contribution is -0.139. The van der Waals surface area contributed by atoms with Crippen molar-refractivity contribution in [1.82, 2.24) is 4.90 Å². The fourth-order valence-electron chi connectivity index (χ4n) is 6.12. The summed E-state index contributed by atoms with van der Waals surface area (Å²) in [5.74, 6) is -2.34. The van der Waals surface area contributed by atoms with Crippen molar-refractivity contribution in [3.05, 3.63) is 58.2 Å². The molecule has 0 radical (unpaired) electrons. The highest BCUT2D eigenvalue weighted by atomic mass is 16.5. The van der Waals surface area contributed by atoms with Gasteiger partial charge in [0.2, 0.25) is 11.8 Å². The quantitative estimate of drug-likeness (QED) is 0.420. The maximum atomic E-state index is 13.3. The number of phenols is 1. The molecule has 1 heterocycles. The maximum absolute atomic E-state index is 13.3. The van der Waals surface area contributed by atoms with E-state index < -0.39 is 17.8 Å². The molecule has 1 aliphatic heterocycles. The van der Waals surface area contributed by atoms with Gasteiger partial charge in [0.1, 0.15) is 0 Å². The van der Waals surface area contributed by atoms with E-state index in [0.29, 0.717) is 47.6 Å². The molecule has 0 unspecified atom stereocenters. The van der Waals surface area contributed by atoms with Crippen molar-refractivity contribution in [3.63, 3.8) is 0 Å². The molecule has 0 saturated carbocycles. The number of rotatable bonds is 4. The first-order chi connectivity index (χ1) is 16.3. The Balaban J connectivity index is 1.69. The zero-order valence-corrected chi connectivity index (χ0v) is 19.5. The third kappa shape index (κ3) is 3.10. The fourth-order valence-corrected chi connectivity index (χ4v) is 6.12. The second kappa shape index (κ2) is 8.08. The lowest BCUT2D eigenvalue weighted by Gasteiger charge is -2.42. The van der Waals surface area contributed by atoms with Crippen molar-refractivity contribution < 1.29 is 29.0 Å². The molecule has 7 heteroatoms. The van der Waals surface area contributed by atoms with Crippen LogP contribution in [0.1, 0.15) is 45.1 Å². The fraction of sp³-hybridized carbons (Fsp3) is 0.407. The Morgan fingerprint density at radius 2 is 1.85 bits per heavy atom. The molecule has 0 aromatic heterocycles. The number of nitrogens with zero attached hydrogens (tertiary/aromatic N) is 1. The molecule has 7 nitrogen and oxygen atoms in total. The number of allylic oxidation sites excluding steroid dienone is 6. The van der Waals surface area contributed by atoms with Gasteiger partial charge in [-0.25, -0.2) is 0 Å². The Kier molecular flexibility index (Phi) is 5.30. The molecule has 1 aromatic rings. The van der Waals surface area contributed by atoms with Crippen molar-refractivity contribution in [2.75, 3.05) is 13.2 Å². The molecule has 3 aliphatic carbocycles. The van der Waals surface area contributed by atoms with Crippen LogP contribution in [0.3, 0.4) is 0 Å². The normalized spacial score (nSPS) is 28.4. The van der Waals surface area contributed by atoms with E-state index in [4.69, 9.17) is 4.74 Å². The third-order valence-electron chi connectivity index (χ3n) is 7.59. The zero-order chi connectivity index (χ0) is 24.3. The first-order valence-corrected chi connectivity index (χ1v) is 11.8. The van der Waals surface area contributed by atoms with Gasteiger partial charge < -0.3 is 9.84 Å². The summed E-state index contributed by atoms with van der Waals surface area (Å²) < 4.78 is 5.58. The molecule has 4 aliphatic rings. The Bertz CT molecular complexity index is 1240. The minimum atomic E-state index is -0.547. The Morgan fingerprint density at radius 1 is 1.09 bits per heavy atom. The minimum absolute atomic E-state index is 0.0122. The van der Waals surface area contributed by atoms with Gasteiger partial charge >= 0.3 is 0 Å². The number of phenolic OH excluding ortho intramolecular Hbond substituents is 1. The van der Waals surface area contributed by atoms with E-state index in [1.54, 1.807) is 26.0 Å². The molecule has 0 spiro atoms. The van der Waals surface area contributed by atoms with Crippen LogP contribution in [0.25, 0.3) is 0 Å². The molecule has 5 rings (SSSR count). The summed E-state index contributed by atoms with van der Waals surface area (Å²) in [6, 6.07) is 4.95. The number of amides is 2. The van der Waals surface area contributed by atoms with Crippen LogP contribution in [-0.2, 0) is 19.2 Å². The number of fused-ring (bicyclic) bond motifs is 3. The molecule has 1 fully saturated rings. The van der Waals surface area contributed by atoms with Crippen molar-refractivity contribution in [3.8, 4) is 11.5 Å². The number of carbonyl (C=O) groups excluding carboxylic acids is 4. The van der Waals surface area contributed by atoms with Crippen molar-refractivity contribution in [2.24, 2.45) is 17.8 Å². The summed E-state index contributed by atoms with van der Waals surface area (Å²) in [4.78, 5) is 54.0. The van der Waals surface area contributed by atoms with E-state index in [1.165, 1.54) is 17.0 Å². The highest BCUT2D eigenvalue weighted by Crippen LogP contribution is 2.55. The number of Topliss-reactive ketones (excluding diaryl/α,β-unsaturated/α-hetero) is 1. The molecule has 1 aromatic carbocycles. The number of likely N-dealkylation sites (tertiary alicyclic amines) is 1. The number of hydrogen-bond donors (Lipinski definition) is 1. The first-order valence-electron chi connectivity index (χ1n) is 11.8. The van der Waals surface area contributed by atoms with Crippen LogP contribution >= 0.6 is 0 Å². The summed E-state index contributed by atoms with van der Waals surface area (Å²) in [7, 11) is 0. The van der Waals surface area contributed by atoms with Gasteiger partial charge in [0.25, 0.3) is 0 Å². The molecule has 1 saturated heterocycles. The zero-order valence-electron chi connectivity index (χ0n) is 19.5. The summed E-state index contributed by atoms with van der Waals surface area (Å²) >= 11 is 0. The number of aromatic hydroxyl groups is 1. The van der Waals surface area contributed by atoms with E-state index in [0.717, 1.165) is 5.57 Å². The van der Waals surface area contributed by atoms with Gasteiger partial charge in [0.05, 0.1) is 18.4 Å². The van der Waals surface area contributed by atoms with Crippen molar-refractivity contribution in [1.29, 1.82) is 0 Å². The molecular weight excluding hydrogens is 434 g/mol. The van der Waals surface area contributed by atoms with Crippen molar-refractivity contribution in [2.45, 2.75) is 39.5 Å². The van der Waals surface area contributed by atoms with Gasteiger partial charge in [-0.15, -0.1) is 0 Å². The van der Waals surface area contributed by atoms with Crippen LogP contribution in [0.15, 0.2) is 52.6 Å². The molecule has 176 valence electrons. The summed E-state index contributed by atoms with van der Waals surface area (Å²) in [5, 5.41) is 10.2. The van der Waals surface area contributed by atoms with Gasteiger partial charge in [-0.2, -0.15) is 0 Å². The highest BCUT2D eigenvalue weighted by Gasteiger charge is 2.55. The maximum Gasteiger partial charge on any atom is 0.233 e. The Hall–Kier alpha value is -3.48. The standard InChI is InChI=1S/C27H27NO6/c1-4-28-26(32)16-8-7-15-17(23(16)27(28)33)12-18-24(20(30)10-13(3)25(18)31)22(15)14-6-9-19(29)21(11-14)34-5-2/h6-7,9-11,16-17,22-23,29H,4-5,8,12H2,1-3H3/t16-,17+,22-,23-/m0/s1. The largest absolute Gasteiger partial charge is 0.504 e. The van der Waals surface area contributed by atoms with Crippen LogP contribution in [0, 0.1) is 17.8 Å². The predicted molar refractivity (Wildman–Crippen MR) is 123 cm³/mol. The second-order valence-corrected chi connectivity index (χ2v) is 9.31. The van der Waals surface area contributed by atoms with Crippen LogP contribution in [0.2, 0.25) is 0 Å². The monoisotopic (exact) mass is 461 g/mol. The smallest absolute Gasteiger partial charge is 0.233 e. The molecule has 0 bridgehead atoms. The average Bonchev–Trinajstić information content (AvgIpc) is 3.07.